The summed E-state index contributed by atoms with van der Waals surface area (Å²) in [6.45, 7) is 2.16. The Morgan fingerprint density at radius 2 is 2.08 bits per heavy atom. The average Bonchev–Trinajstić information content (AvgIpc) is 3.06. The molecule has 1 saturated carbocycles. The van der Waals surface area contributed by atoms with Crippen molar-refractivity contribution in [1.82, 2.24) is 25.1 Å². The van der Waals surface area contributed by atoms with Crippen LogP contribution in [-0.2, 0) is 16.6 Å². The molecule has 1 aromatic rings. The van der Waals surface area contributed by atoms with Crippen LogP contribution in [0.1, 0.15) is 50.4 Å². The van der Waals surface area contributed by atoms with Crippen molar-refractivity contribution in [3.05, 3.63) is 18.2 Å². The number of rotatable bonds is 5. The van der Waals surface area contributed by atoms with Gasteiger partial charge in [-0.05, 0) is 18.8 Å². The van der Waals surface area contributed by atoms with E-state index in [9.17, 15) is 9.59 Å². The van der Waals surface area contributed by atoms with E-state index in [1.807, 2.05) is 22.7 Å². The van der Waals surface area contributed by atoms with Gasteiger partial charge in [0, 0.05) is 45.5 Å². The molecule has 2 aliphatic rings. The summed E-state index contributed by atoms with van der Waals surface area (Å²) in [6.07, 6.45) is 10.2. The highest BCUT2D eigenvalue weighted by Gasteiger charge is 2.30. The van der Waals surface area contributed by atoms with E-state index in [0.717, 1.165) is 25.2 Å². The van der Waals surface area contributed by atoms with Crippen molar-refractivity contribution < 1.29 is 9.59 Å². The van der Waals surface area contributed by atoms with Gasteiger partial charge in [-0.1, -0.05) is 19.3 Å². The van der Waals surface area contributed by atoms with Gasteiger partial charge in [0.25, 0.3) is 0 Å². The maximum absolute atomic E-state index is 12.7. The van der Waals surface area contributed by atoms with Crippen LogP contribution in [-0.4, -0.2) is 52.4 Å². The van der Waals surface area contributed by atoms with Gasteiger partial charge in [-0.3, -0.25) is 9.59 Å². The number of carbonyl (C=O) groups is 2. The SMILES string of the molecule is Cl.Cn1ccnc1C1CNCCN1C(=O)CNC(=O)CC1CCCCC1. The Bertz CT molecular complexity index is 600. The number of nitrogens with one attached hydrogen (secondary N) is 2. The predicted octanol–water partition coefficient (Wildman–Crippen LogP) is 1.40. The Balaban J connectivity index is 0.00000243. The lowest BCUT2D eigenvalue weighted by atomic mass is 9.87. The van der Waals surface area contributed by atoms with Crippen molar-refractivity contribution in [2.75, 3.05) is 26.2 Å². The molecule has 7 nitrogen and oxygen atoms in total. The lowest BCUT2D eigenvalue weighted by Gasteiger charge is -2.35. The fourth-order valence-corrected chi connectivity index (χ4v) is 3.93. The van der Waals surface area contributed by atoms with Gasteiger partial charge in [-0.2, -0.15) is 0 Å². The lowest BCUT2D eigenvalue weighted by molar-refractivity contribution is -0.136. The molecule has 0 spiro atoms. The van der Waals surface area contributed by atoms with Gasteiger partial charge in [-0.25, -0.2) is 4.98 Å². The summed E-state index contributed by atoms with van der Waals surface area (Å²) in [5.74, 6) is 1.33. The number of carbonyl (C=O) groups excluding carboxylic acids is 2. The molecule has 1 unspecified atom stereocenters. The van der Waals surface area contributed by atoms with Crippen LogP contribution >= 0.6 is 12.4 Å². The van der Waals surface area contributed by atoms with E-state index in [4.69, 9.17) is 0 Å². The lowest BCUT2D eigenvalue weighted by Crippen LogP contribution is -2.52. The van der Waals surface area contributed by atoms with Gasteiger partial charge in [-0.15, -0.1) is 12.4 Å². The Morgan fingerprint density at radius 1 is 1.31 bits per heavy atom. The first-order valence-electron chi connectivity index (χ1n) is 9.39. The first-order chi connectivity index (χ1) is 12.1. The van der Waals surface area contributed by atoms with E-state index in [1.165, 1.54) is 19.3 Å². The van der Waals surface area contributed by atoms with Gasteiger partial charge in [0.1, 0.15) is 11.9 Å². The zero-order valence-electron chi connectivity index (χ0n) is 15.4. The van der Waals surface area contributed by atoms with E-state index < -0.39 is 0 Å². The summed E-state index contributed by atoms with van der Waals surface area (Å²) >= 11 is 0. The largest absolute Gasteiger partial charge is 0.347 e. The molecule has 1 aromatic heterocycles. The second-order valence-corrected chi connectivity index (χ2v) is 7.19. The Kier molecular flexibility index (Phi) is 7.90. The van der Waals surface area contributed by atoms with E-state index in [0.29, 0.717) is 25.4 Å². The third-order valence-electron chi connectivity index (χ3n) is 5.36. The topological polar surface area (TPSA) is 79.3 Å². The van der Waals surface area contributed by atoms with Crippen LogP contribution in [0.4, 0.5) is 0 Å². The summed E-state index contributed by atoms with van der Waals surface area (Å²) in [5.41, 5.74) is 0. The predicted molar refractivity (Wildman–Crippen MR) is 102 cm³/mol. The third kappa shape index (κ3) is 5.20. The smallest absolute Gasteiger partial charge is 0.242 e. The Morgan fingerprint density at radius 3 is 2.77 bits per heavy atom. The van der Waals surface area contributed by atoms with E-state index in [2.05, 4.69) is 15.6 Å². The van der Waals surface area contributed by atoms with Crippen LogP contribution in [0.3, 0.4) is 0 Å². The van der Waals surface area contributed by atoms with Crippen LogP contribution in [0.5, 0.6) is 0 Å². The third-order valence-corrected chi connectivity index (χ3v) is 5.36. The van der Waals surface area contributed by atoms with Gasteiger partial charge in [0.05, 0.1) is 6.54 Å². The molecular formula is C18H30ClN5O2. The summed E-state index contributed by atoms with van der Waals surface area (Å²) in [5, 5.41) is 6.15. The number of amides is 2. The molecule has 8 heteroatoms. The number of halogens is 1. The van der Waals surface area contributed by atoms with Crippen molar-refractivity contribution >= 4 is 24.2 Å². The van der Waals surface area contributed by atoms with Crippen LogP contribution in [0.25, 0.3) is 0 Å². The maximum atomic E-state index is 12.7. The molecule has 2 heterocycles. The Hall–Kier alpha value is -1.60. The standard InChI is InChI=1S/C18H29N5O2.ClH/c1-22-9-8-20-18(22)15-12-19-7-10-23(15)17(25)13-21-16(24)11-14-5-3-2-4-6-14;/h8-9,14-15,19H,2-7,10-13H2,1H3,(H,21,24);1H. The molecular weight excluding hydrogens is 354 g/mol. The quantitative estimate of drug-likeness (QED) is 0.805. The first-order valence-corrected chi connectivity index (χ1v) is 9.39. The van der Waals surface area contributed by atoms with Gasteiger partial charge < -0.3 is 20.1 Å². The van der Waals surface area contributed by atoms with Crippen LogP contribution in [0.2, 0.25) is 0 Å². The molecule has 146 valence electrons. The molecule has 0 bridgehead atoms. The minimum absolute atomic E-state index is 0. The highest BCUT2D eigenvalue weighted by atomic mass is 35.5. The second-order valence-electron chi connectivity index (χ2n) is 7.19. The monoisotopic (exact) mass is 383 g/mol. The highest BCUT2D eigenvalue weighted by Crippen LogP contribution is 2.26. The van der Waals surface area contributed by atoms with Gasteiger partial charge in [0.15, 0.2) is 0 Å². The van der Waals surface area contributed by atoms with E-state index in [1.54, 1.807) is 6.20 Å². The second kappa shape index (κ2) is 9.92. The number of nitrogens with zero attached hydrogens (tertiary/aromatic N) is 3. The maximum Gasteiger partial charge on any atom is 0.242 e. The molecule has 2 fully saturated rings. The van der Waals surface area contributed by atoms with Crippen LogP contribution < -0.4 is 10.6 Å². The molecule has 1 atom stereocenters. The number of aromatic nitrogens is 2. The molecule has 2 N–H and O–H groups in total. The first kappa shape index (κ1) is 20.7. The van der Waals surface area contributed by atoms with Crippen molar-refractivity contribution in [2.45, 2.75) is 44.6 Å². The van der Waals surface area contributed by atoms with Crippen molar-refractivity contribution in [3.63, 3.8) is 0 Å². The Labute approximate surface area is 161 Å². The van der Waals surface area contributed by atoms with Crippen molar-refractivity contribution in [3.8, 4) is 0 Å². The summed E-state index contributed by atoms with van der Waals surface area (Å²) < 4.78 is 1.94. The summed E-state index contributed by atoms with van der Waals surface area (Å²) in [4.78, 5) is 31.0. The van der Waals surface area contributed by atoms with Gasteiger partial charge in [0.2, 0.25) is 11.8 Å². The fraction of sp³-hybridized carbons (Fsp3) is 0.722. The van der Waals surface area contributed by atoms with Gasteiger partial charge >= 0.3 is 0 Å². The normalized spacial score (nSPS) is 21.1. The van der Waals surface area contributed by atoms with Crippen molar-refractivity contribution in [1.29, 1.82) is 0 Å². The number of piperazine rings is 1. The molecule has 1 aliphatic heterocycles. The number of aryl methyl sites for hydroxylation is 1. The molecule has 2 amide bonds. The highest BCUT2D eigenvalue weighted by molar-refractivity contribution is 5.85. The summed E-state index contributed by atoms with van der Waals surface area (Å²) in [7, 11) is 1.94. The van der Waals surface area contributed by atoms with E-state index in [-0.39, 0.29) is 36.8 Å². The molecule has 1 aliphatic carbocycles. The minimum atomic E-state index is -0.0866. The van der Waals surface area contributed by atoms with Crippen LogP contribution in [0, 0.1) is 5.92 Å². The molecule has 26 heavy (non-hydrogen) atoms. The molecule has 0 aromatic carbocycles. The van der Waals surface area contributed by atoms with Crippen LogP contribution in [0.15, 0.2) is 12.4 Å². The molecule has 1 saturated heterocycles. The average molecular weight is 384 g/mol. The zero-order chi connectivity index (χ0) is 17.6. The van der Waals surface area contributed by atoms with E-state index >= 15 is 0 Å². The minimum Gasteiger partial charge on any atom is -0.347 e. The molecule has 0 radical (unpaired) electrons. The molecule has 3 rings (SSSR count). The zero-order valence-corrected chi connectivity index (χ0v) is 16.3. The fourth-order valence-electron chi connectivity index (χ4n) is 3.93. The number of hydrogen-bond donors (Lipinski definition) is 2. The summed E-state index contributed by atoms with van der Waals surface area (Å²) in [6, 6.07) is -0.0866. The van der Waals surface area contributed by atoms with Crippen molar-refractivity contribution in [2.24, 2.45) is 13.0 Å². The number of hydrogen-bond acceptors (Lipinski definition) is 4. The number of imidazole rings is 1.